The van der Waals surface area contributed by atoms with E-state index < -0.39 is 0 Å². The van der Waals surface area contributed by atoms with Crippen LogP contribution in [-0.2, 0) is 0 Å². The number of nitrogens with one attached hydrogen (secondary N) is 1. The molecular formula is C8H18N2O. The lowest BCUT2D eigenvalue weighted by atomic mass is 10.3. The predicted molar refractivity (Wildman–Crippen MR) is 46.6 cm³/mol. The van der Waals surface area contributed by atoms with Gasteiger partial charge in [0.05, 0.1) is 0 Å². The minimum Gasteiger partial charge on any atom is -0.336 e. The third kappa shape index (κ3) is 3.86. The largest absolute Gasteiger partial charge is 0.336 e. The molecule has 0 aromatic carbocycles. The Morgan fingerprint density at radius 2 is 2.09 bits per heavy atom. The van der Waals surface area contributed by atoms with Crippen molar-refractivity contribution in [3.8, 4) is 0 Å². The molecule has 0 aliphatic rings. The molecule has 0 radical (unpaired) electrons. The molecule has 3 nitrogen and oxygen atoms in total. The summed E-state index contributed by atoms with van der Waals surface area (Å²) in [7, 11) is 1.79. The summed E-state index contributed by atoms with van der Waals surface area (Å²) in [5.41, 5.74) is 0. The Morgan fingerprint density at radius 3 is 2.45 bits per heavy atom. The first-order valence-electron chi connectivity index (χ1n) is 4.13. The van der Waals surface area contributed by atoms with Crippen molar-refractivity contribution in [2.45, 2.75) is 33.2 Å². The number of carbonyl (C=O) groups excluding carboxylic acids is 1. The monoisotopic (exact) mass is 158 g/mol. The number of amides is 2. The van der Waals surface area contributed by atoms with Crippen LogP contribution in [-0.4, -0.2) is 30.6 Å². The molecule has 0 aromatic rings. The van der Waals surface area contributed by atoms with Gasteiger partial charge in [0.15, 0.2) is 0 Å². The summed E-state index contributed by atoms with van der Waals surface area (Å²) in [6, 6.07) is 0.290. The average Bonchev–Trinajstić information content (AvgIpc) is 2.02. The first-order valence-corrected chi connectivity index (χ1v) is 4.13. The quantitative estimate of drug-likeness (QED) is 0.662. The second-order valence-electron chi connectivity index (χ2n) is 2.77. The van der Waals surface area contributed by atoms with Crippen molar-refractivity contribution in [3.05, 3.63) is 0 Å². The molecule has 0 aliphatic carbocycles. The fourth-order valence-corrected chi connectivity index (χ4v) is 0.567. The molecule has 66 valence electrons. The van der Waals surface area contributed by atoms with Gasteiger partial charge in [0.1, 0.15) is 0 Å². The summed E-state index contributed by atoms with van der Waals surface area (Å²) in [5, 5.41) is 2.87. The Bertz CT molecular complexity index is 125. The van der Waals surface area contributed by atoms with Crippen LogP contribution in [0.1, 0.15) is 27.2 Å². The summed E-state index contributed by atoms with van der Waals surface area (Å²) >= 11 is 0. The van der Waals surface area contributed by atoms with E-state index in [1.54, 1.807) is 11.9 Å². The molecule has 2 amide bonds. The zero-order valence-corrected chi connectivity index (χ0v) is 7.85. The third-order valence-corrected chi connectivity index (χ3v) is 1.80. The Labute approximate surface area is 68.8 Å². The number of hydrogen-bond acceptors (Lipinski definition) is 1. The van der Waals surface area contributed by atoms with E-state index in [4.69, 9.17) is 0 Å². The van der Waals surface area contributed by atoms with Gasteiger partial charge in [-0.2, -0.15) is 0 Å². The second kappa shape index (κ2) is 4.99. The van der Waals surface area contributed by atoms with Crippen molar-refractivity contribution in [1.82, 2.24) is 10.2 Å². The van der Waals surface area contributed by atoms with Crippen molar-refractivity contribution in [1.29, 1.82) is 0 Å². The first-order chi connectivity index (χ1) is 5.11. The van der Waals surface area contributed by atoms with Crippen LogP contribution < -0.4 is 5.32 Å². The molecule has 0 rings (SSSR count). The van der Waals surface area contributed by atoms with Crippen LogP contribution in [0.5, 0.6) is 0 Å². The molecular weight excluding hydrogens is 140 g/mol. The fourth-order valence-electron chi connectivity index (χ4n) is 0.567. The lowest BCUT2D eigenvalue weighted by Gasteiger charge is -2.18. The van der Waals surface area contributed by atoms with E-state index in [1.807, 2.05) is 13.8 Å². The molecule has 0 saturated carbocycles. The molecule has 0 aliphatic heterocycles. The van der Waals surface area contributed by atoms with Crippen molar-refractivity contribution in [2.24, 2.45) is 0 Å². The lowest BCUT2D eigenvalue weighted by molar-refractivity contribution is 0.207. The highest BCUT2D eigenvalue weighted by atomic mass is 16.2. The zero-order valence-electron chi connectivity index (χ0n) is 7.85. The fraction of sp³-hybridized carbons (Fsp3) is 0.875. The Kier molecular flexibility index (Phi) is 4.66. The van der Waals surface area contributed by atoms with Crippen LogP contribution in [0.3, 0.4) is 0 Å². The normalized spacial score (nSPS) is 12.4. The van der Waals surface area contributed by atoms with Crippen molar-refractivity contribution in [3.63, 3.8) is 0 Å². The van der Waals surface area contributed by atoms with Gasteiger partial charge in [0.2, 0.25) is 0 Å². The molecule has 0 aromatic heterocycles. The van der Waals surface area contributed by atoms with Crippen LogP contribution in [0, 0.1) is 0 Å². The third-order valence-electron chi connectivity index (χ3n) is 1.80. The Balaban J connectivity index is 3.68. The van der Waals surface area contributed by atoms with Crippen LogP contribution >= 0.6 is 0 Å². The van der Waals surface area contributed by atoms with E-state index >= 15 is 0 Å². The van der Waals surface area contributed by atoms with Crippen molar-refractivity contribution >= 4 is 6.03 Å². The SMILES string of the molecule is CCC(C)NC(=O)N(C)CC. The topological polar surface area (TPSA) is 32.3 Å². The first kappa shape index (κ1) is 10.3. The van der Waals surface area contributed by atoms with E-state index in [0.29, 0.717) is 0 Å². The molecule has 1 N–H and O–H groups in total. The maximum Gasteiger partial charge on any atom is 0.317 e. The van der Waals surface area contributed by atoms with Gasteiger partial charge in [0, 0.05) is 19.6 Å². The van der Waals surface area contributed by atoms with Gasteiger partial charge in [-0.1, -0.05) is 6.92 Å². The number of urea groups is 1. The van der Waals surface area contributed by atoms with Gasteiger partial charge in [-0.25, -0.2) is 4.79 Å². The minimum absolute atomic E-state index is 0.0156. The van der Waals surface area contributed by atoms with E-state index in [9.17, 15) is 4.79 Å². The van der Waals surface area contributed by atoms with Crippen LogP contribution in [0.15, 0.2) is 0 Å². The molecule has 0 spiro atoms. The van der Waals surface area contributed by atoms with Crippen molar-refractivity contribution in [2.75, 3.05) is 13.6 Å². The summed E-state index contributed by atoms with van der Waals surface area (Å²) in [6.45, 7) is 6.76. The molecule has 1 unspecified atom stereocenters. The van der Waals surface area contributed by atoms with Crippen LogP contribution in [0.4, 0.5) is 4.79 Å². The van der Waals surface area contributed by atoms with E-state index in [-0.39, 0.29) is 12.1 Å². The number of hydrogen-bond donors (Lipinski definition) is 1. The van der Waals surface area contributed by atoms with E-state index in [0.717, 1.165) is 13.0 Å². The Hall–Kier alpha value is -0.730. The van der Waals surface area contributed by atoms with Gasteiger partial charge in [-0.05, 0) is 20.3 Å². The standard InChI is InChI=1S/C8H18N2O/c1-5-7(3)9-8(11)10(4)6-2/h7H,5-6H2,1-4H3,(H,9,11). The summed E-state index contributed by atoms with van der Waals surface area (Å²) < 4.78 is 0. The molecule has 0 bridgehead atoms. The van der Waals surface area contributed by atoms with Gasteiger partial charge in [-0.3, -0.25) is 0 Å². The average molecular weight is 158 g/mol. The summed E-state index contributed by atoms with van der Waals surface area (Å²) in [4.78, 5) is 12.8. The molecule has 1 atom stereocenters. The highest BCUT2D eigenvalue weighted by Gasteiger charge is 2.07. The van der Waals surface area contributed by atoms with Gasteiger partial charge in [-0.15, -0.1) is 0 Å². The maximum atomic E-state index is 11.2. The highest BCUT2D eigenvalue weighted by molar-refractivity contribution is 5.74. The molecule has 0 saturated heterocycles. The molecule has 0 heterocycles. The van der Waals surface area contributed by atoms with E-state index in [1.165, 1.54) is 0 Å². The molecule has 0 fully saturated rings. The summed E-state index contributed by atoms with van der Waals surface area (Å²) in [6.07, 6.45) is 0.975. The molecule has 3 heteroatoms. The number of rotatable bonds is 3. The van der Waals surface area contributed by atoms with Crippen LogP contribution in [0.2, 0.25) is 0 Å². The van der Waals surface area contributed by atoms with E-state index in [2.05, 4.69) is 12.2 Å². The molecule has 11 heavy (non-hydrogen) atoms. The second-order valence-corrected chi connectivity index (χ2v) is 2.77. The van der Waals surface area contributed by atoms with Crippen molar-refractivity contribution < 1.29 is 4.79 Å². The number of carbonyl (C=O) groups is 1. The van der Waals surface area contributed by atoms with Gasteiger partial charge < -0.3 is 10.2 Å². The van der Waals surface area contributed by atoms with Crippen LogP contribution in [0.25, 0.3) is 0 Å². The van der Waals surface area contributed by atoms with Gasteiger partial charge in [0.25, 0.3) is 0 Å². The lowest BCUT2D eigenvalue weighted by Crippen LogP contribution is -2.41. The smallest absolute Gasteiger partial charge is 0.317 e. The minimum atomic E-state index is 0.0156. The predicted octanol–water partition coefficient (Wildman–Crippen LogP) is 1.45. The summed E-state index contributed by atoms with van der Waals surface area (Å²) in [5.74, 6) is 0. The zero-order chi connectivity index (χ0) is 8.85. The maximum absolute atomic E-state index is 11.2. The highest BCUT2D eigenvalue weighted by Crippen LogP contribution is 1.90. The van der Waals surface area contributed by atoms with Gasteiger partial charge >= 0.3 is 6.03 Å². The number of nitrogens with zero attached hydrogens (tertiary/aromatic N) is 1. The Morgan fingerprint density at radius 1 is 1.55 bits per heavy atom.